The van der Waals surface area contributed by atoms with Gasteiger partial charge in [-0.1, -0.05) is 6.92 Å². The molecule has 0 aliphatic heterocycles. The van der Waals surface area contributed by atoms with Crippen LogP contribution in [0, 0.1) is 5.92 Å². The average molecular weight is 160 g/mol. The molecule has 1 saturated carbocycles. The van der Waals surface area contributed by atoms with E-state index in [1.807, 2.05) is 6.92 Å². The van der Waals surface area contributed by atoms with Crippen molar-refractivity contribution in [2.75, 3.05) is 0 Å². The van der Waals surface area contributed by atoms with Gasteiger partial charge in [0.2, 0.25) is 0 Å². The molecular formula is C8H16O3. The second-order valence-electron chi connectivity index (χ2n) is 3.94. The van der Waals surface area contributed by atoms with Crippen molar-refractivity contribution in [1.29, 1.82) is 0 Å². The summed E-state index contributed by atoms with van der Waals surface area (Å²) in [6, 6.07) is 0. The monoisotopic (exact) mass is 160 g/mol. The molecule has 4 atom stereocenters. The van der Waals surface area contributed by atoms with E-state index in [0.29, 0.717) is 6.42 Å². The second-order valence-corrected chi connectivity index (χ2v) is 3.94. The maximum Gasteiger partial charge on any atom is 0.0829 e. The van der Waals surface area contributed by atoms with Gasteiger partial charge >= 0.3 is 0 Å². The molecule has 0 aromatic heterocycles. The van der Waals surface area contributed by atoms with E-state index in [-0.39, 0.29) is 12.3 Å². The molecule has 0 spiro atoms. The summed E-state index contributed by atoms with van der Waals surface area (Å²) >= 11 is 0. The molecule has 1 aliphatic carbocycles. The number of rotatable bonds is 0. The largest absolute Gasteiger partial charge is 0.390 e. The highest BCUT2D eigenvalue weighted by Crippen LogP contribution is 2.32. The highest BCUT2D eigenvalue weighted by Gasteiger charge is 2.38. The van der Waals surface area contributed by atoms with Crippen molar-refractivity contribution in [3.63, 3.8) is 0 Å². The van der Waals surface area contributed by atoms with Gasteiger partial charge in [-0.3, -0.25) is 0 Å². The first-order valence-corrected chi connectivity index (χ1v) is 4.01. The highest BCUT2D eigenvalue weighted by molar-refractivity contribution is 4.90. The van der Waals surface area contributed by atoms with Crippen LogP contribution >= 0.6 is 0 Å². The lowest BCUT2D eigenvalue weighted by Gasteiger charge is -2.38. The summed E-state index contributed by atoms with van der Waals surface area (Å²) in [5, 5.41) is 28.2. The lowest BCUT2D eigenvalue weighted by Crippen LogP contribution is -2.47. The Morgan fingerprint density at radius 2 is 1.82 bits per heavy atom. The summed E-state index contributed by atoms with van der Waals surface area (Å²) in [5.74, 6) is -0.0197. The Kier molecular flexibility index (Phi) is 2.23. The first-order valence-electron chi connectivity index (χ1n) is 4.01. The van der Waals surface area contributed by atoms with E-state index in [9.17, 15) is 15.3 Å². The summed E-state index contributed by atoms with van der Waals surface area (Å²) in [6.07, 6.45) is -0.604. The zero-order valence-corrected chi connectivity index (χ0v) is 6.99. The molecule has 1 unspecified atom stereocenters. The number of aliphatic hydroxyl groups excluding tert-OH is 2. The third-order valence-corrected chi connectivity index (χ3v) is 2.39. The number of hydrogen-bond acceptors (Lipinski definition) is 3. The molecule has 0 radical (unpaired) electrons. The molecule has 0 aromatic rings. The van der Waals surface area contributed by atoms with Gasteiger partial charge in [0.15, 0.2) is 0 Å². The fourth-order valence-corrected chi connectivity index (χ4v) is 1.85. The molecule has 0 amide bonds. The van der Waals surface area contributed by atoms with E-state index in [1.54, 1.807) is 6.92 Å². The van der Waals surface area contributed by atoms with E-state index in [2.05, 4.69) is 0 Å². The quantitative estimate of drug-likeness (QED) is 0.463. The van der Waals surface area contributed by atoms with Crippen molar-refractivity contribution in [2.45, 2.75) is 44.5 Å². The van der Waals surface area contributed by atoms with Crippen LogP contribution < -0.4 is 0 Å². The third-order valence-electron chi connectivity index (χ3n) is 2.39. The Morgan fingerprint density at radius 3 is 2.27 bits per heavy atom. The third kappa shape index (κ3) is 1.92. The maximum absolute atomic E-state index is 9.56. The lowest BCUT2D eigenvalue weighted by atomic mass is 9.77. The van der Waals surface area contributed by atoms with E-state index in [0.717, 1.165) is 0 Å². The Hall–Kier alpha value is -0.120. The van der Waals surface area contributed by atoms with E-state index < -0.39 is 17.8 Å². The van der Waals surface area contributed by atoms with Gasteiger partial charge in [0.1, 0.15) is 0 Å². The van der Waals surface area contributed by atoms with Crippen molar-refractivity contribution in [2.24, 2.45) is 5.92 Å². The molecule has 3 nitrogen and oxygen atoms in total. The molecule has 0 saturated heterocycles. The van der Waals surface area contributed by atoms with Crippen LogP contribution in [0.25, 0.3) is 0 Å². The van der Waals surface area contributed by atoms with Gasteiger partial charge in [0.05, 0.1) is 17.8 Å². The van der Waals surface area contributed by atoms with Gasteiger partial charge in [-0.05, 0) is 19.3 Å². The first-order chi connectivity index (χ1) is 4.92. The van der Waals surface area contributed by atoms with E-state index >= 15 is 0 Å². The summed E-state index contributed by atoms with van der Waals surface area (Å²) in [7, 11) is 0. The summed E-state index contributed by atoms with van der Waals surface area (Å²) in [6.45, 7) is 3.53. The molecule has 1 rings (SSSR count). The first kappa shape index (κ1) is 8.97. The lowest BCUT2D eigenvalue weighted by molar-refractivity contribution is -0.116. The van der Waals surface area contributed by atoms with E-state index in [1.165, 1.54) is 0 Å². The molecule has 1 fully saturated rings. The molecule has 0 heterocycles. The van der Waals surface area contributed by atoms with Gasteiger partial charge in [0.25, 0.3) is 0 Å². The van der Waals surface area contributed by atoms with Gasteiger partial charge in [-0.25, -0.2) is 0 Å². The van der Waals surface area contributed by atoms with Crippen LogP contribution in [0.3, 0.4) is 0 Å². The summed E-state index contributed by atoms with van der Waals surface area (Å²) in [4.78, 5) is 0. The summed E-state index contributed by atoms with van der Waals surface area (Å²) in [5.41, 5.74) is -0.807. The van der Waals surface area contributed by atoms with Gasteiger partial charge in [-0.2, -0.15) is 0 Å². The number of aliphatic hydroxyl groups is 3. The molecule has 66 valence electrons. The van der Waals surface area contributed by atoms with Crippen LogP contribution in [0.2, 0.25) is 0 Å². The van der Waals surface area contributed by atoms with Crippen molar-refractivity contribution < 1.29 is 15.3 Å². The Bertz CT molecular complexity index is 130. The van der Waals surface area contributed by atoms with E-state index in [4.69, 9.17) is 0 Å². The minimum atomic E-state index is -0.807. The highest BCUT2D eigenvalue weighted by atomic mass is 16.3. The fourth-order valence-electron chi connectivity index (χ4n) is 1.85. The minimum absolute atomic E-state index is 0.0197. The molecule has 0 aromatic carbocycles. The van der Waals surface area contributed by atoms with Gasteiger partial charge in [0, 0.05) is 6.42 Å². The summed E-state index contributed by atoms with van der Waals surface area (Å²) < 4.78 is 0. The zero-order chi connectivity index (χ0) is 8.65. The van der Waals surface area contributed by atoms with Crippen molar-refractivity contribution in [1.82, 2.24) is 0 Å². The topological polar surface area (TPSA) is 60.7 Å². The van der Waals surface area contributed by atoms with Gasteiger partial charge < -0.3 is 15.3 Å². The molecule has 0 bridgehead atoms. The van der Waals surface area contributed by atoms with Crippen LogP contribution in [0.15, 0.2) is 0 Å². The van der Waals surface area contributed by atoms with Crippen LogP contribution in [-0.2, 0) is 0 Å². The maximum atomic E-state index is 9.56. The zero-order valence-electron chi connectivity index (χ0n) is 6.99. The van der Waals surface area contributed by atoms with Crippen molar-refractivity contribution >= 4 is 0 Å². The molecular weight excluding hydrogens is 144 g/mol. The van der Waals surface area contributed by atoms with Crippen LogP contribution in [-0.4, -0.2) is 33.1 Å². The Labute approximate surface area is 66.7 Å². The number of hydrogen-bond donors (Lipinski definition) is 3. The van der Waals surface area contributed by atoms with Crippen LogP contribution in [0.1, 0.15) is 26.7 Å². The fraction of sp³-hybridized carbons (Fsp3) is 1.00. The minimum Gasteiger partial charge on any atom is -0.390 e. The molecule has 3 heteroatoms. The van der Waals surface area contributed by atoms with Crippen LogP contribution in [0.4, 0.5) is 0 Å². The second kappa shape index (κ2) is 2.73. The van der Waals surface area contributed by atoms with Gasteiger partial charge in [-0.15, -0.1) is 0 Å². The van der Waals surface area contributed by atoms with Crippen molar-refractivity contribution in [3.05, 3.63) is 0 Å². The molecule has 1 aliphatic rings. The molecule has 11 heavy (non-hydrogen) atoms. The standard InChI is InChI=1S/C8H16O3/c1-5-3-8(2,11)4-6(9)7(5)10/h5-7,9-11H,3-4H2,1-2H3/t5?,6-,7-,8+/m1/s1. The Morgan fingerprint density at radius 1 is 1.27 bits per heavy atom. The van der Waals surface area contributed by atoms with Crippen molar-refractivity contribution in [3.8, 4) is 0 Å². The average Bonchev–Trinajstić information content (AvgIpc) is 1.81. The SMILES string of the molecule is CC1C[C@](C)(O)C[C@@H](O)[C@@H]1O. The Balaban J connectivity index is 2.62. The van der Waals surface area contributed by atoms with Crippen LogP contribution in [0.5, 0.6) is 0 Å². The normalized spacial score (nSPS) is 52.6. The smallest absolute Gasteiger partial charge is 0.0829 e. The molecule has 3 N–H and O–H groups in total. The predicted molar refractivity (Wildman–Crippen MR) is 41.0 cm³/mol. The predicted octanol–water partition coefficient (Wildman–Crippen LogP) is -0.111.